The topological polar surface area (TPSA) is 50.9 Å². The molecule has 0 saturated heterocycles. The number of hydrogen-bond donors (Lipinski definition) is 2. The lowest BCUT2D eigenvalue weighted by atomic mass is 10.2. The molecule has 2 rings (SSSR count). The molecule has 0 spiro atoms. The quantitative estimate of drug-likeness (QED) is 0.831. The molecule has 0 saturated carbocycles. The number of aromatic nitrogens is 1. The second kappa shape index (κ2) is 6.32. The van der Waals surface area contributed by atoms with Crippen molar-refractivity contribution in [2.45, 2.75) is 13.3 Å². The van der Waals surface area contributed by atoms with Gasteiger partial charge in [-0.25, -0.2) is 4.98 Å². The summed E-state index contributed by atoms with van der Waals surface area (Å²) in [5.74, 6) is 0. The minimum absolute atomic E-state index is 0.315. The third kappa shape index (κ3) is 3.89. The fourth-order valence-electron chi connectivity index (χ4n) is 1.66. The van der Waals surface area contributed by atoms with Crippen LogP contribution in [0, 0.1) is 6.92 Å². The van der Waals surface area contributed by atoms with Crippen LogP contribution in [0.5, 0.6) is 0 Å². The molecule has 0 amide bonds. The second-order valence-corrected chi connectivity index (χ2v) is 5.91. The summed E-state index contributed by atoms with van der Waals surface area (Å²) >= 11 is 12.7. The van der Waals surface area contributed by atoms with Crippen LogP contribution in [0.4, 0.5) is 5.69 Å². The van der Waals surface area contributed by atoms with E-state index in [1.807, 2.05) is 25.1 Å². The molecule has 0 aliphatic heterocycles. The van der Waals surface area contributed by atoms with Crippen LogP contribution in [0.2, 0.25) is 5.02 Å². The van der Waals surface area contributed by atoms with Crippen molar-refractivity contribution >= 4 is 45.8 Å². The van der Waals surface area contributed by atoms with Crippen molar-refractivity contribution in [1.29, 1.82) is 0 Å². The van der Waals surface area contributed by atoms with Gasteiger partial charge in [-0.3, -0.25) is 0 Å². The summed E-state index contributed by atoms with van der Waals surface area (Å²) in [6.45, 7) is 2.82. The highest BCUT2D eigenvalue weighted by atomic mass is 35.5. The zero-order chi connectivity index (χ0) is 13.8. The summed E-state index contributed by atoms with van der Waals surface area (Å²) in [6.07, 6.45) is 0.896. The first-order chi connectivity index (χ1) is 9.06. The minimum Gasteiger partial charge on any atom is -0.389 e. The van der Waals surface area contributed by atoms with Gasteiger partial charge >= 0.3 is 0 Å². The van der Waals surface area contributed by atoms with Gasteiger partial charge in [0.1, 0.15) is 4.99 Å². The summed E-state index contributed by atoms with van der Waals surface area (Å²) in [4.78, 5) is 4.73. The molecule has 1 heterocycles. The molecule has 1 aromatic heterocycles. The largest absolute Gasteiger partial charge is 0.389 e. The zero-order valence-corrected chi connectivity index (χ0v) is 12.8. The van der Waals surface area contributed by atoms with Gasteiger partial charge in [-0.2, -0.15) is 0 Å². The number of nitrogens with two attached hydrogens (primary N) is 1. The average Bonchev–Trinajstić information content (AvgIpc) is 2.75. The van der Waals surface area contributed by atoms with Gasteiger partial charge in [0.2, 0.25) is 0 Å². The molecule has 3 nitrogen and oxygen atoms in total. The Balaban J connectivity index is 1.93. The van der Waals surface area contributed by atoms with E-state index in [1.54, 1.807) is 11.3 Å². The number of hydrogen-bond acceptors (Lipinski definition) is 4. The SMILES string of the molecule is Cc1csc(CCNc2ccc(C(N)=S)c(Cl)c2)n1. The van der Waals surface area contributed by atoms with E-state index in [4.69, 9.17) is 29.6 Å². The van der Waals surface area contributed by atoms with E-state index < -0.39 is 0 Å². The van der Waals surface area contributed by atoms with E-state index in [0.717, 1.165) is 29.4 Å². The van der Waals surface area contributed by atoms with Gasteiger partial charge in [-0.1, -0.05) is 23.8 Å². The predicted octanol–water partition coefficient (Wildman–Crippen LogP) is 3.39. The van der Waals surface area contributed by atoms with E-state index in [-0.39, 0.29) is 0 Å². The molecule has 1 aromatic carbocycles. The fourth-order valence-corrected chi connectivity index (χ4v) is 2.95. The van der Waals surface area contributed by atoms with Crippen LogP contribution in [-0.2, 0) is 6.42 Å². The number of anilines is 1. The maximum atomic E-state index is 6.11. The Bertz CT molecular complexity index is 595. The van der Waals surface area contributed by atoms with Crippen LogP contribution in [0.1, 0.15) is 16.3 Å². The fraction of sp³-hybridized carbons (Fsp3) is 0.231. The Hall–Kier alpha value is -1.17. The highest BCUT2D eigenvalue weighted by Crippen LogP contribution is 2.21. The molecule has 19 heavy (non-hydrogen) atoms. The molecular formula is C13H14ClN3S2. The number of nitrogens with zero attached hydrogens (tertiary/aromatic N) is 1. The van der Waals surface area contributed by atoms with Gasteiger partial charge in [0.15, 0.2) is 0 Å². The summed E-state index contributed by atoms with van der Waals surface area (Å²) < 4.78 is 0. The van der Waals surface area contributed by atoms with E-state index in [9.17, 15) is 0 Å². The number of thiocarbonyl (C=S) groups is 1. The first-order valence-corrected chi connectivity index (χ1v) is 7.47. The minimum atomic E-state index is 0.315. The van der Waals surface area contributed by atoms with Crippen LogP contribution < -0.4 is 11.1 Å². The van der Waals surface area contributed by atoms with Crippen molar-refractivity contribution in [1.82, 2.24) is 4.98 Å². The number of thiazole rings is 1. The van der Waals surface area contributed by atoms with Gasteiger partial charge in [0.25, 0.3) is 0 Å². The normalized spacial score (nSPS) is 10.4. The Morgan fingerprint density at radius 1 is 1.53 bits per heavy atom. The molecule has 0 atom stereocenters. The summed E-state index contributed by atoms with van der Waals surface area (Å²) in [5, 5.41) is 7.07. The molecule has 100 valence electrons. The van der Waals surface area contributed by atoms with E-state index in [0.29, 0.717) is 15.6 Å². The summed E-state index contributed by atoms with van der Waals surface area (Å²) in [6, 6.07) is 5.59. The Morgan fingerprint density at radius 2 is 2.32 bits per heavy atom. The molecule has 2 aromatic rings. The Labute approximate surface area is 126 Å². The second-order valence-electron chi connectivity index (χ2n) is 4.12. The lowest BCUT2D eigenvalue weighted by Crippen LogP contribution is -2.10. The Morgan fingerprint density at radius 3 is 2.89 bits per heavy atom. The molecule has 3 N–H and O–H groups in total. The van der Waals surface area contributed by atoms with Gasteiger partial charge < -0.3 is 11.1 Å². The van der Waals surface area contributed by atoms with Crippen LogP contribution in [0.3, 0.4) is 0 Å². The van der Waals surface area contributed by atoms with Crippen molar-refractivity contribution in [3.05, 3.63) is 44.9 Å². The molecule has 0 unspecified atom stereocenters. The average molecular weight is 312 g/mol. The van der Waals surface area contributed by atoms with Gasteiger partial charge in [0.05, 0.1) is 10.0 Å². The van der Waals surface area contributed by atoms with Crippen LogP contribution in [-0.4, -0.2) is 16.5 Å². The highest BCUT2D eigenvalue weighted by Gasteiger charge is 2.04. The van der Waals surface area contributed by atoms with Crippen LogP contribution in [0.15, 0.2) is 23.6 Å². The number of halogens is 1. The Kier molecular flexibility index (Phi) is 4.74. The van der Waals surface area contributed by atoms with Gasteiger partial charge in [0, 0.05) is 35.3 Å². The monoisotopic (exact) mass is 311 g/mol. The standard InChI is InChI=1S/C13H14ClN3S2/c1-8-7-19-12(17-8)4-5-16-9-2-3-10(13(15)18)11(14)6-9/h2-3,6-7,16H,4-5H2,1H3,(H2,15,18). The molecule has 0 bridgehead atoms. The highest BCUT2D eigenvalue weighted by molar-refractivity contribution is 7.80. The van der Waals surface area contributed by atoms with E-state index in [1.165, 1.54) is 0 Å². The van der Waals surface area contributed by atoms with E-state index in [2.05, 4.69) is 15.7 Å². The predicted molar refractivity (Wildman–Crippen MR) is 86.4 cm³/mol. The molecule has 0 aliphatic rings. The first-order valence-electron chi connectivity index (χ1n) is 5.80. The third-order valence-corrected chi connectivity index (χ3v) is 4.13. The van der Waals surface area contributed by atoms with Crippen molar-refractivity contribution in [2.75, 3.05) is 11.9 Å². The zero-order valence-electron chi connectivity index (χ0n) is 10.4. The third-order valence-electron chi connectivity index (χ3n) is 2.57. The van der Waals surface area contributed by atoms with Crippen molar-refractivity contribution in [2.24, 2.45) is 5.73 Å². The maximum Gasteiger partial charge on any atom is 0.105 e. The smallest absolute Gasteiger partial charge is 0.105 e. The lowest BCUT2D eigenvalue weighted by molar-refractivity contribution is 0.987. The number of benzene rings is 1. The number of rotatable bonds is 5. The van der Waals surface area contributed by atoms with Crippen molar-refractivity contribution in [3.63, 3.8) is 0 Å². The summed E-state index contributed by atoms with van der Waals surface area (Å²) in [5.41, 5.74) is 8.30. The van der Waals surface area contributed by atoms with Gasteiger partial charge in [-0.15, -0.1) is 11.3 Å². The molecule has 0 radical (unpaired) electrons. The molecule has 0 aliphatic carbocycles. The summed E-state index contributed by atoms with van der Waals surface area (Å²) in [7, 11) is 0. The van der Waals surface area contributed by atoms with Crippen molar-refractivity contribution < 1.29 is 0 Å². The molecule has 0 fully saturated rings. The van der Waals surface area contributed by atoms with Gasteiger partial charge in [-0.05, 0) is 25.1 Å². The van der Waals surface area contributed by atoms with Crippen LogP contribution >= 0.6 is 35.2 Å². The lowest BCUT2D eigenvalue weighted by Gasteiger charge is -2.08. The van der Waals surface area contributed by atoms with Crippen molar-refractivity contribution in [3.8, 4) is 0 Å². The molecular weight excluding hydrogens is 298 g/mol. The van der Waals surface area contributed by atoms with Crippen LogP contribution in [0.25, 0.3) is 0 Å². The number of nitrogens with one attached hydrogen (secondary N) is 1. The number of aryl methyl sites for hydroxylation is 1. The maximum absolute atomic E-state index is 6.11. The first kappa shape index (κ1) is 14.2. The molecule has 6 heteroatoms. The van der Waals surface area contributed by atoms with E-state index >= 15 is 0 Å².